The van der Waals surface area contributed by atoms with Crippen LogP contribution in [0.3, 0.4) is 0 Å². The van der Waals surface area contributed by atoms with Crippen LogP contribution in [0.5, 0.6) is 0 Å². The van der Waals surface area contributed by atoms with Gasteiger partial charge in [-0.25, -0.2) is 23.0 Å². The Hall–Kier alpha value is -3.69. The smallest absolute Gasteiger partial charge is 0.264 e. The largest absolute Gasteiger partial charge is 0.324 e. The van der Waals surface area contributed by atoms with E-state index in [1.165, 1.54) is 24.8 Å². The summed E-state index contributed by atoms with van der Waals surface area (Å²) in [6.07, 6.45) is 2.30. The molecule has 3 heterocycles. The molecule has 1 aliphatic heterocycles. The Kier molecular flexibility index (Phi) is 6.90. The highest BCUT2D eigenvalue weighted by molar-refractivity contribution is 7.92. The molecule has 0 bridgehead atoms. The first-order chi connectivity index (χ1) is 16.6. The summed E-state index contributed by atoms with van der Waals surface area (Å²) in [5.74, 6) is 0.916. The minimum atomic E-state index is -2.60. The molecule has 0 amide bonds. The second-order valence-corrected chi connectivity index (χ2v) is 11.0. The zero-order valence-electron chi connectivity index (χ0n) is 19.4. The van der Waals surface area contributed by atoms with Gasteiger partial charge < -0.3 is 15.5 Å². The first-order valence-corrected chi connectivity index (χ1v) is 13.0. The predicted molar refractivity (Wildman–Crippen MR) is 131 cm³/mol. The minimum Gasteiger partial charge on any atom is -0.324 e. The maximum absolute atomic E-state index is 13.8. The lowest BCUT2D eigenvalue weighted by Gasteiger charge is -2.27. The van der Waals surface area contributed by atoms with Crippen molar-refractivity contribution in [1.29, 1.82) is 5.26 Å². The summed E-state index contributed by atoms with van der Waals surface area (Å²) in [7, 11) is -0.454. The van der Waals surface area contributed by atoms with Gasteiger partial charge in [-0.15, -0.1) is 0 Å². The van der Waals surface area contributed by atoms with Crippen molar-refractivity contribution in [3.05, 3.63) is 58.8 Å². The normalized spacial score (nSPS) is 13.7. The molecule has 0 atom stereocenters. The van der Waals surface area contributed by atoms with Gasteiger partial charge in [-0.05, 0) is 48.9 Å². The average Bonchev–Trinajstić information content (AvgIpc) is 2.77. The van der Waals surface area contributed by atoms with Gasteiger partial charge in [0.2, 0.25) is 5.95 Å². The van der Waals surface area contributed by atoms with Gasteiger partial charge >= 0.3 is 0 Å². The van der Waals surface area contributed by atoms with Crippen LogP contribution in [0.15, 0.2) is 40.9 Å². The van der Waals surface area contributed by atoms with E-state index in [-0.39, 0.29) is 28.7 Å². The lowest BCUT2D eigenvalue weighted by molar-refractivity contribution is 0.149. The lowest BCUT2D eigenvalue weighted by Crippen LogP contribution is -2.27. The molecule has 0 saturated carbocycles. The van der Waals surface area contributed by atoms with Crippen LogP contribution in [-0.2, 0) is 22.7 Å². The number of nitrogens with one attached hydrogen (secondary N) is 2. The summed E-state index contributed by atoms with van der Waals surface area (Å²) in [6, 6.07) is 10.2. The third-order valence-electron chi connectivity index (χ3n) is 5.26. The Morgan fingerprint density at radius 2 is 2.03 bits per heavy atom. The van der Waals surface area contributed by atoms with E-state index in [9.17, 15) is 18.3 Å². The van der Waals surface area contributed by atoms with Crippen LogP contribution in [0.4, 0.5) is 37.9 Å². The molecule has 182 valence electrons. The summed E-state index contributed by atoms with van der Waals surface area (Å²) in [4.78, 5) is 14.9. The number of hydrogen-bond donors (Lipinski definition) is 2. The van der Waals surface area contributed by atoms with Crippen molar-refractivity contribution in [3.63, 3.8) is 0 Å². The molecular formula is C23H24F2N8OS. The number of halogens is 2. The Morgan fingerprint density at radius 1 is 1.23 bits per heavy atom. The molecule has 3 aromatic rings. The van der Waals surface area contributed by atoms with Gasteiger partial charge in [0, 0.05) is 46.6 Å². The molecule has 0 radical (unpaired) electrons. The molecule has 0 fully saturated rings. The fraction of sp³-hybridized carbons (Fsp3) is 0.304. The highest BCUT2D eigenvalue weighted by Crippen LogP contribution is 2.33. The zero-order valence-corrected chi connectivity index (χ0v) is 20.2. The highest BCUT2D eigenvalue weighted by atomic mass is 32.2. The maximum atomic E-state index is 13.8. The molecule has 2 aromatic heterocycles. The molecule has 2 N–H and O–H groups in total. The van der Waals surface area contributed by atoms with Gasteiger partial charge in [0.05, 0.1) is 6.20 Å². The van der Waals surface area contributed by atoms with Crippen molar-refractivity contribution in [2.24, 2.45) is 4.36 Å². The second kappa shape index (κ2) is 9.89. The monoisotopic (exact) mass is 498 g/mol. The highest BCUT2D eigenvalue weighted by Gasteiger charge is 2.22. The first-order valence-electron chi connectivity index (χ1n) is 10.7. The number of nitriles is 1. The number of benzene rings is 1. The number of alkyl halides is 2. The van der Waals surface area contributed by atoms with E-state index in [0.717, 1.165) is 12.1 Å². The predicted octanol–water partition coefficient (Wildman–Crippen LogP) is 4.52. The summed E-state index contributed by atoms with van der Waals surface area (Å²) in [6.45, 7) is 1.30. The molecule has 0 spiro atoms. The van der Waals surface area contributed by atoms with Gasteiger partial charge in [-0.1, -0.05) is 6.07 Å². The zero-order chi connectivity index (χ0) is 25.2. The Balaban J connectivity index is 1.65. The molecule has 0 saturated heterocycles. The van der Waals surface area contributed by atoms with E-state index in [4.69, 9.17) is 0 Å². The Labute approximate surface area is 202 Å². The summed E-state index contributed by atoms with van der Waals surface area (Å²) < 4.78 is 43.6. The number of nitrogens with zero attached hydrogens (tertiary/aromatic N) is 6. The van der Waals surface area contributed by atoms with Crippen LogP contribution in [0.2, 0.25) is 0 Å². The van der Waals surface area contributed by atoms with Gasteiger partial charge in [-0.2, -0.15) is 14.6 Å². The standard InChI is InChI=1S/C23H24F2N8OS/c1-33-8-7-17-14(13-33)9-16(10-18(17)21(24)25)28-23-27-12-15(11-26)22(31-23)30-19-5-4-6-20(29-19)32-35(2,3)34/h4-6,9-10,12,21H,7-8,13H2,1-3H3,(H2,27,28,29,30,31). The van der Waals surface area contributed by atoms with Crippen LogP contribution < -0.4 is 10.6 Å². The lowest BCUT2D eigenvalue weighted by atomic mass is 9.94. The number of anilines is 4. The van der Waals surface area contributed by atoms with Gasteiger partial charge in [0.15, 0.2) is 11.6 Å². The fourth-order valence-corrected chi connectivity index (χ4v) is 4.33. The van der Waals surface area contributed by atoms with Gasteiger partial charge in [0.1, 0.15) is 17.5 Å². The van der Waals surface area contributed by atoms with E-state index >= 15 is 0 Å². The maximum Gasteiger partial charge on any atom is 0.264 e. The van der Waals surface area contributed by atoms with Crippen molar-refractivity contribution in [2.45, 2.75) is 19.4 Å². The van der Waals surface area contributed by atoms with Crippen molar-refractivity contribution in [2.75, 3.05) is 36.7 Å². The summed E-state index contributed by atoms with van der Waals surface area (Å²) >= 11 is 0. The third-order valence-corrected chi connectivity index (χ3v) is 5.88. The number of hydrogen-bond acceptors (Lipinski definition) is 9. The molecule has 1 aromatic carbocycles. The van der Waals surface area contributed by atoms with Gasteiger partial charge in [-0.3, -0.25) is 0 Å². The van der Waals surface area contributed by atoms with Crippen LogP contribution in [0, 0.1) is 11.3 Å². The molecule has 4 rings (SSSR count). The van der Waals surface area contributed by atoms with Crippen LogP contribution in [-0.4, -0.2) is 50.2 Å². The Bertz CT molecular complexity index is 1420. The van der Waals surface area contributed by atoms with E-state index in [2.05, 4.69) is 34.8 Å². The molecular weight excluding hydrogens is 474 g/mol. The number of aromatic nitrogens is 3. The molecule has 35 heavy (non-hydrogen) atoms. The van der Waals surface area contributed by atoms with E-state index in [1.807, 2.05) is 19.2 Å². The summed E-state index contributed by atoms with van der Waals surface area (Å²) in [5.41, 5.74) is 2.11. The number of fused-ring (bicyclic) bond motifs is 1. The topological polar surface area (TPSA) is 119 Å². The molecule has 12 heteroatoms. The third kappa shape index (κ3) is 6.06. The van der Waals surface area contributed by atoms with Gasteiger partial charge in [0.25, 0.3) is 6.43 Å². The number of pyridine rings is 1. The van der Waals surface area contributed by atoms with Crippen LogP contribution >= 0.6 is 0 Å². The Morgan fingerprint density at radius 3 is 2.74 bits per heavy atom. The van der Waals surface area contributed by atoms with Crippen molar-refractivity contribution in [3.8, 4) is 6.07 Å². The summed E-state index contributed by atoms with van der Waals surface area (Å²) in [5, 5.41) is 15.4. The van der Waals surface area contributed by atoms with Crippen LogP contribution in [0.25, 0.3) is 0 Å². The van der Waals surface area contributed by atoms with E-state index in [1.54, 1.807) is 18.2 Å². The van der Waals surface area contributed by atoms with Crippen molar-refractivity contribution in [1.82, 2.24) is 19.9 Å². The second-order valence-electron chi connectivity index (χ2n) is 8.46. The molecule has 0 aliphatic carbocycles. The molecule has 1 aliphatic rings. The molecule has 9 nitrogen and oxygen atoms in total. The number of likely N-dealkylation sites (N-methyl/N-ethyl adjacent to an activating group) is 1. The van der Waals surface area contributed by atoms with E-state index < -0.39 is 16.2 Å². The number of rotatable bonds is 6. The average molecular weight is 499 g/mol. The van der Waals surface area contributed by atoms with Crippen molar-refractivity contribution < 1.29 is 13.0 Å². The first kappa shape index (κ1) is 24.4. The fourth-order valence-electron chi connectivity index (χ4n) is 3.78. The SMILES string of the molecule is CN1CCc2c(cc(Nc3ncc(C#N)c(Nc4cccc(N=S(C)(C)=O)n4)n3)cc2C(F)F)C1. The van der Waals surface area contributed by atoms with Crippen molar-refractivity contribution >= 4 is 38.8 Å². The minimum absolute atomic E-state index is 0.00159. The van der Waals surface area contributed by atoms with E-state index in [0.29, 0.717) is 30.0 Å². The quantitative estimate of drug-likeness (QED) is 0.509. The molecule has 0 unspecified atom stereocenters. The van der Waals surface area contributed by atoms with Crippen LogP contribution in [0.1, 0.15) is 28.7 Å².